The van der Waals surface area contributed by atoms with Crippen molar-refractivity contribution >= 4 is 85.4 Å². The monoisotopic (exact) mass is 738 g/mol. The van der Waals surface area contributed by atoms with Crippen LogP contribution in [0.15, 0.2) is 206 Å². The van der Waals surface area contributed by atoms with Gasteiger partial charge in [-0.25, -0.2) is 0 Å². The third-order valence-corrected chi connectivity index (χ3v) is 13.2. The van der Waals surface area contributed by atoms with Crippen LogP contribution in [0.4, 0.5) is 0 Å². The van der Waals surface area contributed by atoms with Crippen molar-refractivity contribution in [1.82, 2.24) is 0 Å². The molecular formula is C56H34S. The van der Waals surface area contributed by atoms with Gasteiger partial charge >= 0.3 is 0 Å². The average molecular weight is 739 g/mol. The largest absolute Gasteiger partial charge is 0.135 e. The van der Waals surface area contributed by atoms with Gasteiger partial charge in [-0.05, 0) is 111 Å². The molecule has 0 spiro atoms. The molecule has 0 radical (unpaired) electrons. The topological polar surface area (TPSA) is 0 Å². The van der Waals surface area contributed by atoms with Gasteiger partial charge in [0.25, 0.3) is 0 Å². The van der Waals surface area contributed by atoms with Gasteiger partial charge < -0.3 is 0 Å². The van der Waals surface area contributed by atoms with Crippen LogP contribution in [0.5, 0.6) is 0 Å². The van der Waals surface area contributed by atoms with E-state index in [1.807, 2.05) is 11.3 Å². The first-order chi connectivity index (χ1) is 28.3. The highest BCUT2D eigenvalue weighted by Gasteiger charge is 2.22. The van der Waals surface area contributed by atoms with Crippen molar-refractivity contribution in [3.8, 4) is 44.5 Å². The summed E-state index contributed by atoms with van der Waals surface area (Å²) < 4.78 is 2.61. The molecule has 12 rings (SSSR count). The fourth-order valence-corrected chi connectivity index (χ4v) is 10.9. The predicted molar refractivity (Wildman–Crippen MR) is 249 cm³/mol. The Kier molecular flexibility index (Phi) is 7.20. The highest BCUT2D eigenvalue weighted by atomic mass is 32.1. The van der Waals surface area contributed by atoms with Gasteiger partial charge in [0, 0.05) is 20.2 Å². The number of thiophene rings is 1. The summed E-state index contributed by atoms with van der Waals surface area (Å²) in [5, 5.41) is 15.4. The van der Waals surface area contributed by atoms with Crippen LogP contribution in [0.25, 0.3) is 119 Å². The zero-order chi connectivity index (χ0) is 37.5. The molecule has 12 aromatic rings. The van der Waals surface area contributed by atoms with Gasteiger partial charge in [0.05, 0.1) is 0 Å². The molecule has 0 saturated heterocycles. The SMILES string of the molecule is c1ccc(-c2c3ccccc3c(-c3ccc4c(c3)sc3cccc(-c5c6ccccc6c(-c6cccc7ccccc67)c6ccccc56)c34)c3ccccc23)cc1. The Bertz CT molecular complexity index is 3450. The normalized spacial score (nSPS) is 11.9. The summed E-state index contributed by atoms with van der Waals surface area (Å²) in [4.78, 5) is 0. The molecule has 1 heterocycles. The van der Waals surface area contributed by atoms with E-state index in [2.05, 4.69) is 206 Å². The maximum Gasteiger partial charge on any atom is 0.0361 e. The quantitative estimate of drug-likeness (QED) is 0.158. The van der Waals surface area contributed by atoms with Crippen LogP contribution in [0.2, 0.25) is 0 Å². The zero-order valence-electron chi connectivity index (χ0n) is 31.0. The highest BCUT2D eigenvalue weighted by molar-refractivity contribution is 7.26. The Hall–Kier alpha value is -7.06. The smallest absolute Gasteiger partial charge is 0.0361 e. The molecule has 0 atom stereocenters. The van der Waals surface area contributed by atoms with E-state index in [9.17, 15) is 0 Å². The minimum Gasteiger partial charge on any atom is -0.135 e. The minimum atomic E-state index is 1.24. The predicted octanol–water partition coefficient (Wildman–Crippen LogP) is 16.5. The van der Waals surface area contributed by atoms with E-state index >= 15 is 0 Å². The molecule has 1 aromatic heterocycles. The molecule has 0 fully saturated rings. The zero-order valence-corrected chi connectivity index (χ0v) is 31.9. The molecule has 11 aromatic carbocycles. The summed E-state index contributed by atoms with van der Waals surface area (Å²) in [5.74, 6) is 0. The van der Waals surface area contributed by atoms with Gasteiger partial charge in [0.2, 0.25) is 0 Å². The van der Waals surface area contributed by atoms with E-state index in [0.29, 0.717) is 0 Å². The van der Waals surface area contributed by atoms with Crippen LogP contribution in [-0.4, -0.2) is 0 Å². The number of rotatable bonds is 4. The molecular weight excluding hydrogens is 705 g/mol. The maximum absolute atomic E-state index is 2.44. The first kappa shape index (κ1) is 32.2. The van der Waals surface area contributed by atoms with Crippen molar-refractivity contribution in [3.05, 3.63) is 206 Å². The van der Waals surface area contributed by atoms with Crippen molar-refractivity contribution in [2.45, 2.75) is 0 Å². The summed E-state index contributed by atoms with van der Waals surface area (Å²) >= 11 is 1.90. The summed E-state index contributed by atoms with van der Waals surface area (Å²) in [5.41, 5.74) is 10.2. The van der Waals surface area contributed by atoms with Crippen LogP contribution < -0.4 is 0 Å². The van der Waals surface area contributed by atoms with Crippen molar-refractivity contribution < 1.29 is 0 Å². The number of hydrogen-bond donors (Lipinski definition) is 0. The Morgan fingerprint density at radius 2 is 0.684 bits per heavy atom. The molecule has 0 saturated carbocycles. The lowest BCUT2D eigenvalue weighted by Gasteiger charge is -2.19. The summed E-state index contributed by atoms with van der Waals surface area (Å²) in [7, 11) is 0. The third kappa shape index (κ3) is 4.86. The summed E-state index contributed by atoms with van der Waals surface area (Å²) in [6, 6.07) is 76.4. The van der Waals surface area contributed by atoms with E-state index in [-0.39, 0.29) is 0 Å². The van der Waals surface area contributed by atoms with Gasteiger partial charge in [0.15, 0.2) is 0 Å². The first-order valence-electron chi connectivity index (χ1n) is 19.7. The maximum atomic E-state index is 2.44. The fourth-order valence-electron chi connectivity index (χ4n) is 9.70. The molecule has 0 unspecified atom stereocenters. The van der Waals surface area contributed by atoms with Crippen LogP contribution in [0.3, 0.4) is 0 Å². The lowest BCUT2D eigenvalue weighted by atomic mass is 9.84. The van der Waals surface area contributed by atoms with E-state index in [1.54, 1.807) is 0 Å². The molecule has 0 aliphatic carbocycles. The fraction of sp³-hybridized carbons (Fsp3) is 0. The summed E-state index contributed by atoms with van der Waals surface area (Å²) in [6.45, 7) is 0. The standard InChI is InChI=1S/C56H34S/c1-2-17-36(18-3-1)52-40-21-6-8-23-42(40)53(43-24-9-7-22-41(43)52)37-32-33-48-51(34-37)57-50-31-15-30-49(56(48)50)55-46-27-12-10-25-44(46)54(45-26-11-13-28-47(45)55)39-29-14-19-35-16-4-5-20-38(35)39/h1-34H. The van der Waals surface area contributed by atoms with Gasteiger partial charge in [-0.2, -0.15) is 0 Å². The molecule has 264 valence electrons. The van der Waals surface area contributed by atoms with Crippen LogP contribution >= 0.6 is 11.3 Å². The molecule has 57 heavy (non-hydrogen) atoms. The Morgan fingerprint density at radius 3 is 1.28 bits per heavy atom. The second-order valence-corrected chi connectivity index (χ2v) is 16.2. The third-order valence-electron chi connectivity index (χ3n) is 12.0. The molecule has 0 N–H and O–H groups in total. The molecule has 0 amide bonds. The molecule has 1 heteroatoms. The van der Waals surface area contributed by atoms with E-state index < -0.39 is 0 Å². The number of hydrogen-bond acceptors (Lipinski definition) is 1. The second-order valence-electron chi connectivity index (χ2n) is 15.1. The Labute approximate surface area is 334 Å². The van der Waals surface area contributed by atoms with Crippen molar-refractivity contribution in [3.63, 3.8) is 0 Å². The van der Waals surface area contributed by atoms with Crippen LogP contribution in [0, 0.1) is 0 Å². The first-order valence-corrected chi connectivity index (χ1v) is 20.5. The molecule has 0 aliphatic heterocycles. The Morgan fingerprint density at radius 1 is 0.246 bits per heavy atom. The van der Waals surface area contributed by atoms with Crippen molar-refractivity contribution in [1.29, 1.82) is 0 Å². The average Bonchev–Trinajstić information content (AvgIpc) is 3.66. The molecule has 0 nitrogen and oxygen atoms in total. The number of benzene rings is 11. The van der Waals surface area contributed by atoms with E-state index in [1.165, 1.54) is 119 Å². The Balaban J connectivity index is 1.12. The highest BCUT2D eigenvalue weighted by Crippen LogP contribution is 2.50. The van der Waals surface area contributed by atoms with Gasteiger partial charge in [0.1, 0.15) is 0 Å². The van der Waals surface area contributed by atoms with Crippen LogP contribution in [0.1, 0.15) is 0 Å². The van der Waals surface area contributed by atoms with E-state index in [4.69, 9.17) is 0 Å². The number of fused-ring (bicyclic) bond motifs is 8. The van der Waals surface area contributed by atoms with Crippen molar-refractivity contribution in [2.75, 3.05) is 0 Å². The van der Waals surface area contributed by atoms with Crippen molar-refractivity contribution in [2.24, 2.45) is 0 Å². The van der Waals surface area contributed by atoms with Gasteiger partial charge in [-0.1, -0.05) is 194 Å². The summed E-state index contributed by atoms with van der Waals surface area (Å²) in [6.07, 6.45) is 0. The van der Waals surface area contributed by atoms with Gasteiger partial charge in [-0.3, -0.25) is 0 Å². The molecule has 0 aliphatic rings. The van der Waals surface area contributed by atoms with Gasteiger partial charge in [-0.15, -0.1) is 11.3 Å². The van der Waals surface area contributed by atoms with E-state index in [0.717, 1.165) is 0 Å². The van der Waals surface area contributed by atoms with Crippen LogP contribution in [-0.2, 0) is 0 Å². The second kappa shape index (κ2) is 12.7. The lowest BCUT2D eigenvalue weighted by Crippen LogP contribution is -1.92. The molecule has 0 bridgehead atoms. The lowest BCUT2D eigenvalue weighted by molar-refractivity contribution is 1.66. The minimum absolute atomic E-state index is 1.24.